The SMILES string of the molecule is CC1C=CC(O)(c2ncn(C)n2)CC1. The van der Waals surface area contributed by atoms with Gasteiger partial charge in [0.05, 0.1) is 0 Å². The Bertz CT molecular complexity index is 358. The molecule has 0 amide bonds. The molecule has 0 spiro atoms. The third kappa shape index (κ3) is 1.57. The number of hydrogen-bond donors (Lipinski definition) is 1. The molecule has 4 nitrogen and oxygen atoms in total. The fourth-order valence-electron chi connectivity index (χ4n) is 1.67. The first-order chi connectivity index (χ1) is 6.60. The third-order valence-electron chi connectivity index (χ3n) is 2.67. The van der Waals surface area contributed by atoms with E-state index in [0.29, 0.717) is 18.2 Å². The van der Waals surface area contributed by atoms with E-state index in [0.717, 1.165) is 6.42 Å². The number of allylic oxidation sites excluding steroid dienone is 1. The van der Waals surface area contributed by atoms with Crippen molar-refractivity contribution in [1.82, 2.24) is 14.8 Å². The molecule has 1 N–H and O–H groups in total. The second kappa shape index (κ2) is 3.20. The molecule has 76 valence electrons. The Labute approximate surface area is 83.3 Å². The predicted octanol–water partition coefficient (Wildman–Crippen LogP) is 0.989. The number of rotatable bonds is 1. The van der Waals surface area contributed by atoms with Crippen LogP contribution in [-0.2, 0) is 12.6 Å². The summed E-state index contributed by atoms with van der Waals surface area (Å²) in [6, 6.07) is 0. The Morgan fingerprint density at radius 2 is 2.43 bits per heavy atom. The molecule has 0 aromatic carbocycles. The second-order valence-electron chi connectivity index (χ2n) is 4.04. The van der Waals surface area contributed by atoms with Crippen LogP contribution in [0.4, 0.5) is 0 Å². The number of hydrogen-bond acceptors (Lipinski definition) is 3. The molecule has 1 aliphatic rings. The average molecular weight is 193 g/mol. The van der Waals surface area contributed by atoms with Crippen molar-refractivity contribution < 1.29 is 5.11 Å². The first-order valence-electron chi connectivity index (χ1n) is 4.88. The lowest BCUT2D eigenvalue weighted by molar-refractivity contribution is 0.0581. The number of aryl methyl sites for hydroxylation is 1. The molecule has 0 bridgehead atoms. The highest BCUT2D eigenvalue weighted by atomic mass is 16.3. The maximum Gasteiger partial charge on any atom is 0.186 e. The maximum atomic E-state index is 10.2. The second-order valence-corrected chi connectivity index (χ2v) is 4.04. The Morgan fingerprint density at radius 3 is 2.93 bits per heavy atom. The Hall–Kier alpha value is -1.16. The van der Waals surface area contributed by atoms with E-state index in [1.807, 2.05) is 12.2 Å². The zero-order valence-corrected chi connectivity index (χ0v) is 8.51. The Morgan fingerprint density at radius 1 is 1.64 bits per heavy atom. The summed E-state index contributed by atoms with van der Waals surface area (Å²) in [5, 5.41) is 14.4. The molecule has 1 heterocycles. The van der Waals surface area contributed by atoms with Gasteiger partial charge in [-0.25, -0.2) is 4.98 Å². The van der Waals surface area contributed by atoms with Gasteiger partial charge in [-0.2, -0.15) is 5.10 Å². The van der Waals surface area contributed by atoms with E-state index in [9.17, 15) is 5.11 Å². The Kier molecular flexibility index (Phi) is 2.15. The summed E-state index contributed by atoms with van der Waals surface area (Å²) in [5.41, 5.74) is -0.951. The van der Waals surface area contributed by atoms with E-state index in [1.165, 1.54) is 0 Å². The summed E-state index contributed by atoms with van der Waals surface area (Å²) in [4.78, 5) is 4.09. The summed E-state index contributed by atoms with van der Waals surface area (Å²) in [6.45, 7) is 2.14. The third-order valence-corrected chi connectivity index (χ3v) is 2.67. The lowest BCUT2D eigenvalue weighted by atomic mass is 9.85. The van der Waals surface area contributed by atoms with Gasteiger partial charge in [0.15, 0.2) is 5.82 Å². The Balaban J connectivity index is 2.29. The van der Waals surface area contributed by atoms with Gasteiger partial charge in [0, 0.05) is 7.05 Å². The van der Waals surface area contributed by atoms with E-state index < -0.39 is 5.60 Å². The molecule has 2 atom stereocenters. The monoisotopic (exact) mass is 193 g/mol. The minimum absolute atomic E-state index is 0.503. The molecule has 0 radical (unpaired) electrons. The highest BCUT2D eigenvalue weighted by molar-refractivity contribution is 5.15. The quantitative estimate of drug-likeness (QED) is 0.677. The normalized spacial score (nSPS) is 32.1. The summed E-state index contributed by atoms with van der Waals surface area (Å²) in [6.07, 6.45) is 7.13. The van der Waals surface area contributed by atoms with Crippen molar-refractivity contribution >= 4 is 0 Å². The predicted molar refractivity (Wildman–Crippen MR) is 52.4 cm³/mol. The highest BCUT2D eigenvalue weighted by Crippen LogP contribution is 2.31. The van der Waals surface area contributed by atoms with Gasteiger partial charge in [0.2, 0.25) is 0 Å². The standard InChI is InChI=1S/C10H15N3O/c1-8-3-5-10(14,6-4-8)9-11-7-13(2)12-9/h3,5,7-8,14H,4,6H2,1-2H3. The van der Waals surface area contributed by atoms with Gasteiger partial charge in [-0.15, -0.1) is 0 Å². The molecule has 2 rings (SSSR count). The van der Waals surface area contributed by atoms with Gasteiger partial charge in [-0.05, 0) is 24.8 Å². The number of aliphatic hydroxyl groups is 1. The largest absolute Gasteiger partial charge is 0.378 e. The maximum absolute atomic E-state index is 10.2. The van der Waals surface area contributed by atoms with E-state index in [-0.39, 0.29) is 0 Å². The zero-order valence-electron chi connectivity index (χ0n) is 8.51. The fourth-order valence-corrected chi connectivity index (χ4v) is 1.67. The molecule has 0 fully saturated rings. The molecule has 0 aliphatic heterocycles. The highest BCUT2D eigenvalue weighted by Gasteiger charge is 2.33. The summed E-state index contributed by atoms with van der Waals surface area (Å²) in [5.74, 6) is 1.04. The van der Waals surface area contributed by atoms with Crippen LogP contribution in [0, 0.1) is 5.92 Å². The van der Waals surface area contributed by atoms with Crippen molar-refractivity contribution in [2.24, 2.45) is 13.0 Å². The summed E-state index contributed by atoms with van der Waals surface area (Å²) >= 11 is 0. The lowest BCUT2D eigenvalue weighted by Gasteiger charge is -2.26. The van der Waals surface area contributed by atoms with Crippen LogP contribution in [0.15, 0.2) is 18.5 Å². The van der Waals surface area contributed by atoms with Crippen LogP contribution >= 0.6 is 0 Å². The van der Waals surface area contributed by atoms with Gasteiger partial charge in [-0.1, -0.05) is 13.0 Å². The number of nitrogens with zero attached hydrogens (tertiary/aromatic N) is 3. The summed E-state index contributed by atoms with van der Waals surface area (Å²) in [7, 11) is 1.80. The zero-order chi connectivity index (χ0) is 10.2. The van der Waals surface area contributed by atoms with Crippen LogP contribution in [0.2, 0.25) is 0 Å². The van der Waals surface area contributed by atoms with Crippen molar-refractivity contribution in [3.05, 3.63) is 24.3 Å². The molecule has 14 heavy (non-hydrogen) atoms. The minimum Gasteiger partial charge on any atom is -0.378 e. The number of aromatic nitrogens is 3. The van der Waals surface area contributed by atoms with Crippen molar-refractivity contribution in [2.75, 3.05) is 0 Å². The van der Waals surface area contributed by atoms with Gasteiger partial charge in [-0.3, -0.25) is 4.68 Å². The molecule has 4 heteroatoms. The van der Waals surface area contributed by atoms with Crippen LogP contribution in [0.1, 0.15) is 25.6 Å². The van der Waals surface area contributed by atoms with Crippen molar-refractivity contribution in [2.45, 2.75) is 25.4 Å². The first-order valence-corrected chi connectivity index (χ1v) is 4.88. The van der Waals surface area contributed by atoms with Crippen LogP contribution in [0.25, 0.3) is 0 Å². The lowest BCUT2D eigenvalue weighted by Crippen LogP contribution is -2.28. The van der Waals surface area contributed by atoms with Crippen LogP contribution in [0.5, 0.6) is 0 Å². The van der Waals surface area contributed by atoms with Crippen molar-refractivity contribution in [3.63, 3.8) is 0 Å². The molecular formula is C10H15N3O. The van der Waals surface area contributed by atoms with E-state index in [2.05, 4.69) is 17.0 Å². The van der Waals surface area contributed by atoms with Crippen LogP contribution in [0.3, 0.4) is 0 Å². The van der Waals surface area contributed by atoms with Crippen molar-refractivity contribution in [1.29, 1.82) is 0 Å². The van der Waals surface area contributed by atoms with Crippen LogP contribution < -0.4 is 0 Å². The van der Waals surface area contributed by atoms with Crippen LogP contribution in [-0.4, -0.2) is 19.9 Å². The topological polar surface area (TPSA) is 50.9 Å². The fraction of sp³-hybridized carbons (Fsp3) is 0.600. The van der Waals surface area contributed by atoms with Gasteiger partial charge in [0.25, 0.3) is 0 Å². The van der Waals surface area contributed by atoms with Gasteiger partial charge < -0.3 is 5.11 Å². The van der Waals surface area contributed by atoms with Gasteiger partial charge >= 0.3 is 0 Å². The average Bonchev–Trinajstić information content (AvgIpc) is 2.58. The molecule has 2 unspecified atom stereocenters. The van der Waals surface area contributed by atoms with E-state index in [1.54, 1.807) is 18.1 Å². The van der Waals surface area contributed by atoms with Gasteiger partial charge in [0.1, 0.15) is 11.9 Å². The smallest absolute Gasteiger partial charge is 0.186 e. The molecule has 1 aromatic heterocycles. The molecule has 0 saturated carbocycles. The first kappa shape index (κ1) is 9.40. The molecular weight excluding hydrogens is 178 g/mol. The van der Waals surface area contributed by atoms with E-state index in [4.69, 9.17) is 0 Å². The minimum atomic E-state index is -0.951. The van der Waals surface area contributed by atoms with E-state index >= 15 is 0 Å². The van der Waals surface area contributed by atoms with Crippen molar-refractivity contribution in [3.8, 4) is 0 Å². The summed E-state index contributed by atoms with van der Waals surface area (Å²) < 4.78 is 1.61. The molecule has 0 saturated heterocycles. The molecule has 1 aliphatic carbocycles. The molecule has 1 aromatic rings.